The van der Waals surface area contributed by atoms with Crippen LogP contribution in [0.1, 0.15) is 113 Å². The molecule has 0 amide bonds. The van der Waals surface area contributed by atoms with Gasteiger partial charge in [0.1, 0.15) is 5.78 Å². The Hall–Kier alpha value is -0.850. The molecule has 1 heteroatoms. The number of hydrogen-bond acceptors (Lipinski definition) is 1. The number of rotatable bonds is 0. The fourth-order valence-corrected chi connectivity index (χ4v) is 9.62. The standard InChI is InChI=1S/C30H46O/c1-25(2)15-16-27(5)17-18-29(7)20(21(27)19-25)9-10-23-28(6)13-12-24(31)26(3,4)22(28)11-14-30(23,29)8/h9-10,21-22H,11-19H2,1-8H3. The van der Waals surface area contributed by atoms with Crippen LogP contribution in [-0.2, 0) is 4.79 Å². The van der Waals surface area contributed by atoms with Crippen molar-refractivity contribution in [3.63, 3.8) is 0 Å². The molecular weight excluding hydrogens is 376 g/mol. The quantitative estimate of drug-likeness (QED) is 0.383. The lowest BCUT2D eigenvalue weighted by Crippen LogP contribution is -2.60. The predicted octanol–water partition coefficient (Wildman–Crippen LogP) is 8.30. The fraction of sp³-hybridized carbons (Fsp3) is 0.833. The van der Waals surface area contributed by atoms with Gasteiger partial charge in [0.2, 0.25) is 0 Å². The van der Waals surface area contributed by atoms with E-state index in [1.165, 1.54) is 44.9 Å². The summed E-state index contributed by atoms with van der Waals surface area (Å²) >= 11 is 0. The maximum absolute atomic E-state index is 12.9. The first-order chi connectivity index (χ1) is 14.2. The molecule has 4 saturated carbocycles. The van der Waals surface area contributed by atoms with E-state index >= 15 is 0 Å². The van der Waals surface area contributed by atoms with Gasteiger partial charge in [-0.3, -0.25) is 4.79 Å². The number of carbonyl (C=O) groups excluding carboxylic acids is 1. The van der Waals surface area contributed by atoms with Crippen molar-refractivity contribution in [1.29, 1.82) is 0 Å². The van der Waals surface area contributed by atoms with E-state index in [0.29, 0.717) is 22.5 Å². The molecule has 6 atom stereocenters. The third kappa shape index (κ3) is 2.64. The molecule has 0 aromatic rings. The van der Waals surface area contributed by atoms with Crippen molar-refractivity contribution in [2.24, 2.45) is 44.3 Å². The van der Waals surface area contributed by atoms with Gasteiger partial charge in [-0.2, -0.15) is 0 Å². The van der Waals surface area contributed by atoms with Gasteiger partial charge in [0.25, 0.3) is 0 Å². The highest BCUT2D eigenvalue weighted by atomic mass is 16.1. The summed E-state index contributed by atoms with van der Waals surface area (Å²) in [5.74, 6) is 1.72. The number of Topliss-reactive ketones (excluding diaryl/α,β-unsaturated/α-hetero) is 1. The predicted molar refractivity (Wildman–Crippen MR) is 130 cm³/mol. The lowest BCUT2D eigenvalue weighted by atomic mass is 9.36. The third-order valence-electron chi connectivity index (χ3n) is 12.2. The van der Waals surface area contributed by atoms with Crippen LogP contribution in [0.5, 0.6) is 0 Å². The van der Waals surface area contributed by atoms with Crippen molar-refractivity contribution in [3.8, 4) is 0 Å². The molecule has 0 aliphatic heterocycles. The van der Waals surface area contributed by atoms with E-state index in [4.69, 9.17) is 0 Å². The zero-order valence-electron chi connectivity index (χ0n) is 21.6. The number of fused-ring (bicyclic) bond motifs is 7. The molecule has 5 aliphatic rings. The van der Waals surface area contributed by atoms with E-state index < -0.39 is 0 Å². The molecule has 5 rings (SSSR count). The number of ketones is 1. The maximum Gasteiger partial charge on any atom is 0.138 e. The molecule has 0 saturated heterocycles. The van der Waals surface area contributed by atoms with Crippen molar-refractivity contribution in [2.75, 3.05) is 0 Å². The van der Waals surface area contributed by atoms with Gasteiger partial charge in [-0.05, 0) is 90.3 Å². The second-order valence-corrected chi connectivity index (χ2v) is 14.6. The van der Waals surface area contributed by atoms with Crippen molar-refractivity contribution < 1.29 is 4.79 Å². The van der Waals surface area contributed by atoms with E-state index in [1.807, 2.05) is 0 Å². The molecule has 0 N–H and O–H groups in total. The zero-order valence-corrected chi connectivity index (χ0v) is 21.6. The number of hydrogen-bond donors (Lipinski definition) is 0. The zero-order chi connectivity index (χ0) is 22.7. The number of carbonyl (C=O) groups is 1. The van der Waals surface area contributed by atoms with E-state index in [9.17, 15) is 4.79 Å². The number of allylic oxidation sites excluding steroid dienone is 4. The van der Waals surface area contributed by atoms with E-state index in [0.717, 1.165) is 18.8 Å². The average Bonchev–Trinajstić information content (AvgIpc) is 2.67. The highest BCUT2D eigenvalue weighted by molar-refractivity contribution is 5.85. The second-order valence-electron chi connectivity index (χ2n) is 14.6. The van der Waals surface area contributed by atoms with Gasteiger partial charge in [0.15, 0.2) is 0 Å². The Kier molecular flexibility index (Phi) is 4.38. The molecule has 31 heavy (non-hydrogen) atoms. The third-order valence-corrected chi connectivity index (χ3v) is 12.2. The Morgan fingerprint density at radius 2 is 1.45 bits per heavy atom. The summed E-state index contributed by atoms with van der Waals surface area (Å²) in [4.78, 5) is 12.9. The molecule has 6 unspecified atom stereocenters. The first kappa shape index (κ1) is 22.0. The van der Waals surface area contributed by atoms with Crippen LogP contribution >= 0.6 is 0 Å². The summed E-state index contributed by atoms with van der Waals surface area (Å²) in [7, 11) is 0. The van der Waals surface area contributed by atoms with Crippen LogP contribution < -0.4 is 0 Å². The molecule has 0 bridgehead atoms. The Bertz CT molecular complexity index is 886. The van der Waals surface area contributed by atoms with Crippen molar-refractivity contribution in [3.05, 3.63) is 23.3 Å². The van der Waals surface area contributed by atoms with E-state index in [2.05, 4.69) is 67.5 Å². The molecule has 0 heterocycles. The van der Waals surface area contributed by atoms with Gasteiger partial charge in [-0.15, -0.1) is 0 Å². The highest BCUT2D eigenvalue weighted by Crippen LogP contribution is 2.74. The topological polar surface area (TPSA) is 17.1 Å². The van der Waals surface area contributed by atoms with Gasteiger partial charge in [-0.1, -0.05) is 78.7 Å². The van der Waals surface area contributed by atoms with Crippen molar-refractivity contribution in [1.82, 2.24) is 0 Å². The summed E-state index contributed by atoms with van der Waals surface area (Å²) in [6.45, 7) is 19.8. The Labute approximate surface area is 191 Å². The molecule has 172 valence electrons. The van der Waals surface area contributed by atoms with Crippen molar-refractivity contribution in [2.45, 2.75) is 113 Å². The summed E-state index contributed by atoms with van der Waals surface area (Å²) < 4.78 is 0. The first-order valence-electron chi connectivity index (χ1n) is 13.2. The van der Waals surface area contributed by atoms with Gasteiger partial charge >= 0.3 is 0 Å². The normalized spacial score (nSPS) is 50.3. The van der Waals surface area contributed by atoms with Crippen LogP contribution in [0.25, 0.3) is 0 Å². The minimum absolute atomic E-state index is 0.169. The van der Waals surface area contributed by atoms with Gasteiger partial charge in [0.05, 0.1) is 0 Å². The van der Waals surface area contributed by atoms with E-state index in [-0.39, 0.29) is 21.7 Å². The fourth-order valence-electron chi connectivity index (χ4n) is 9.62. The van der Waals surface area contributed by atoms with Crippen LogP contribution in [0.15, 0.2) is 23.3 Å². The van der Waals surface area contributed by atoms with Crippen molar-refractivity contribution >= 4 is 5.78 Å². The molecule has 0 radical (unpaired) electrons. The smallest absolute Gasteiger partial charge is 0.138 e. The molecular formula is C30H46O. The summed E-state index contributed by atoms with van der Waals surface area (Å²) in [6.07, 6.45) is 16.3. The molecule has 0 spiro atoms. The van der Waals surface area contributed by atoms with E-state index in [1.54, 1.807) is 11.1 Å². The van der Waals surface area contributed by atoms with Crippen LogP contribution in [0, 0.1) is 44.3 Å². The van der Waals surface area contributed by atoms with Crippen LogP contribution in [-0.4, -0.2) is 5.78 Å². The summed E-state index contributed by atoms with van der Waals surface area (Å²) in [5, 5.41) is 0. The van der Waals surface area contributed by atoms with Gasteiger partial charge in [0, 0.05) is 11.8 Å². The Morgan fingerprint density at radius 1 is 0.774 bits per heavy atom. The first-order valence-corrected chi connectivity index (χ1v) is 13.2. The maximum atomic E-state index is 12.9. The van der Waals surface area contributed by atoms with Crippen LogP contribution in [0.2, 0.25) is 0 Å². The Morgan fingerprint density at radius 3 is 2.16 bits per heavy atom. The SMILES string of the molecule is CC1(C)CCC2(C)CCC3(C)C(=CC=C4C5(C)CCC(=O)C(C)(C)C5CCC43C)C2C1. The van der Waals surface area contributed by atoms with Gasteiger partial charge in [-0.25, -0.2) is 0 Å². The minimum atomic E-state index is -0.182. The average molecular weight is 423 g/mol. The summed E-state index contributed by atoms with van der Waals surface area (Å²) in [6, 6.07) is 0. The molecule has 4 fully saturated rings. The van der Waals surface area contributed by atoms with Crippen LogP contribution in [0.4, 0.5) is 0 Å². The molecule has 1 nitrogen and oxygen atoms in total. The lowest BCUT2D eigenvalue weighted by Gasteiger charge is -2.68. The second kappa shape index (κ2) is 6.18. The molecule has 5 aliphatic carbocycles. The van der Waals surface area contributed by atoms with Gasteiger partial charge < -0.3 is 0 Å². The lowest BCUT2D eigenvalue weighted by molar-refractivity contribution is -0.144. The largest absolute Gasteiger partial charge is 0.299 e. The Balaban J connectivity index is 1.63. The van der Waals surface area contributed by atoms with Crippen LogP contribution in [0.3, 0.4) is 0 Å². The molecule has 0 aromatic carbocycles. The minimum Gasteiger partial charge on any atom is -0.299 e. The molecule has 0 aromatic heterocycles. The highest BCUT2D eigenvalue weighted by Gasteiger charge is 2.65. The monoisotopic (exact) mass is 422 g/mol. The summed E-state index contributed by atoms with van der Waals surface area (Å²) in [5.41, 5.74) is 4.93.